The highest BCUT2D eigenvalue weighted by molar-refractivity contribution is 6.35. The zero-order valence-corrected chi connectivity index (χ0v) is 17.7. The van der Waals surface area contributed by atoms with Gasteiger partial charge in [0.25, 0.3) is 5.91 Å². The Morgan fingerprint density at radius 1 is 1.33 bits per heavy atom. The minimum atomic E-state index is -0.552. The van der Waals surface area contributed by atoms with Crippen LogP contribution in [0.25, 0.3) is 0 Å². The number of rotatable bonds is 8. The summed E-state index contributed by atoms with van der Waals surface area (Å²) in [4.78, 5) is 15.0. The number of amides is 1. The van der Waals surface area contributed by atoms with E-state index < -0.39 is 6.10 Å². The number of halogens is 1. The molecule has 10 heteroatoms. The Morgan fingerprint density at radius 2 is 2.10 bits per heavy atom. The number of hydrogen-bond donors (Lipinski definition) is 4. The van der Waals surface area contributed by atoms with Crippen molar-refractivity contribution in [2.45, 2.75) is 18.9 Å². The molecule has 3 rings (SSSR count). The van der Waals surface area contributed by atoms with E-state index in [1.165, 1.54) is 6.07 Å². The Bertz CT molecular complexity index is 735. The van der Waals surface area contributed by atoms with Crippen molar-refractivity contribution in [3.05, 3.63) is 16.7 Å². The van der Waals surface area contributed by atoms with Crippen LogP contribution < -0.4 is 20.5 Å². The highest BCUT2D eigenvalue weighted by atomic mass is 35.5. The van der Waals surface area contributed by atoms with Gasteiger partial charge in [0.2, 0.25) is 0 Å². The zero-order valence-electron chi connectivity index (χ0n) is 16.9. The number of aliphatic hydroxyl groups is 2. The van der Waals surface area contributed by atoms with Gasteiger partial charge in [-0.3, -0.25) is 9.69 Å². The van der Waals surface area contributed by atoms with E-state index in [0.29, 0.717) is 64.0 Å². The van der Waals surface area contributed by atoms with E-state index in [2.05, 4.69) is 10.2 Å². The average molecular weight is 444 g/mol. The maximum Gasteiger partial charge on any atom is 0.255 e. The molecule has 1 amide bonds. The SMILES string of the molecule is Nc1cc(C(=O)NC[C@@H]2CCN(CCOCCO)C[C@H]2O)c2c(c1Cl)OCCCO2. The lowest BCUT2D eigenvalue weighted by molar-refractivity contribution is 0.00568. The van der Waals surface area contributed by atoms with Gasteiger partial charge in [-0.1, -0.05) is 11.6 Å². The molecule has 1 aromatic carbocycles. The van der Waals surface area contributed by atoms with Crippen molar-refractivity contribution >= 4 is 23.2 Å². The topological polar surface area (TPSA) is 127 Å². The molecule has 0 aromatic heterocycles. The summed E-state index contributed by atoms with van der Waals surface area (Å²) in [6.45, 7) is 4.06. The number of nitrogens with zero attached hydrogens (tertiary/aromatic N) is 1. The molecule has 1 aromatic rings. The quantitative estimate of drug-likeness (QED) is 0.338. The molecule has 168 valence electrons. The number of nitrogens with one attached hydrogen (secondary N) is 1. The summed E-state index contributed by atoms with van der Waals surface area (Å²) in [6.07, 6.45) is 0.882. The van der Waals surface area contributed by atoms with Gasteiger partial charge in [-0.15, -0.1) is 0 Å². The number of ether oxygens (including phenoxy) is 3. The Balaban J connectivity index is 1.56. The van der Waals surface area contributed by atoms with Gasteiger partial charge in [-0.05, 0) is 19.0 Å². The molecule has 0 saturated carbocycles. The van der Waals surface area contributed by atoms with Crippen LogP contribution in [0.4, 0.5) is 5.69 Å². The molecule has 1 saturated heterocycles. The molecule has 0 aliphatic carbocycles. The van der Waals surface area contributed by atoms with Crippen LogP contribution in [-0.4, -0.2) is 86.3 Å². The first-order chi connectivity index (χ1) is 14.5. The molecule has 0 unspecified atom stereocenters. The van der Waals surface area contributed by atoms with Gasteiger partial charge in [0.15, 0.2) is 11.5 Å². The fraction of sp³-hybridized carbons (Fsp3) is 0.650. The van der Waals surface area contributed by atoms with Gasteiger partial charge < -0.3 is 35.5 Å². The van der Waals surface area contributed by atoms with Crippen LogP contribution in [0.2, 0.25) is 5.02 Å². The number of carbonyl (C=O) groups is 1. The summed E-state index contributed by atoms with van der Waals surface area (Å²) < 4.78 is 16.6. The van der Waals surface area contributed by atoms with Crippen LogP contribution in [0.5, 0.6) is 11.5 Å². The molecule has 0 bridgehead atoms. The second-order valence-electron chi connectivity index (χ2n) is 7.50. The average Bonchev–Trinajstić information content (AvgIpc) is 2.99. The molecule has 1 fully saturated rings. The Labute approximate surface area is 181 Å². The number of nitrogen functional groups attached to an aromatic ring is 1. The highest BCUT2D eigenvalue weighted by Gasteiger charge is 2.29. The van der Waals surface area contributed by atoms with Gasteiger partial charge in [-0.2, -0.15) is 0 Å². The minimum Gasteiger partial charge on any atom is -0.489 e. The summed E-state index contributed by atoms with van der Waals surface area (Å²) >= 11 is 6.22. The maximum absolute atomic E-state index is 12.8. The first-order valence-corrected chi connectivity index (χ1v) is 10.6. The van der Waals surface area contributed by atoms with Crippen molar-refractivity contribution in [3.63, 3.8) is 0 Å². The molecule has 2 aliphatic rings. The van der Waals surface area contributed by atoms with Gasteiger partial charge in [0.1, 0.15) is 5.02 Å². The lowest BCUT2D eigenvalue weighted by atomic mass is 9.93. The molecule has 5 N–H and O–H groups in total. The number of piperidine rings is 1. The predicted molar refractivity (Wildman–Crippen MR) is 112 cm³/mol. The predicted octanol–water partition coefficient (Wildman–Crippen LogP) is 0.505. The van der Waals surface area contributed by atoms with Crippen LogP contribution in [0.1, 0.15) is 23.2 Å². The minimum absolute atomic E-state index is 0.00401. The van der Waals surface area contributed by atoms with Crippen molar-refractivity contribution in [1.29, 1.82) is 0 Å². The van der Waals surface area contributed by atoms with Crippen LogP contribution in [0.3, 0.4) is 0 Å². The molecule has 2 aliphatic heterocycles. The van der Waals surface area contributed by atoms with E-state index >= 15 is 0 Å². The smallest absolute Gasteiger partial charge is 0.255 e. The number of anilines is 1. The van der Waals surface area contributed by atoms with E-state index in [0.717, 1.165) is 13.0 Å². The molecule has 2 atom stereocenters. The Kier molecular flexibility index (Phi) is 8.41. The van der Waals surface area contributed by atoms with Crippen LogP contribution >= 0.6 is 11.6 Å². The molecular weight excluding hydrogens is 414 g/mol. The van der Waals surface area contributed by atoms with Gasteiger partial charge >= 0.3 is 0 Å². The standard InChI is InChI=1S/C20H30ClN3O6/c21-17-15(22)10-14(18-19(17)30-7-1-6-29-18)20(27)23-11-13-2-3-24(12-16(13)26)4-8-28-9-5-25/h10,13,16,25-26H,1-9,11-12,22H2,(H,23,27)/t13-,16+/m0/s1. The number of nitrogens with two attached hydrogens (primary N) is 1. The van der Waals surface area contributed by atoms with E-state index in [9.17, 15) is 9.90 Å². The number of β-amino-alcohol motifs (C(OH)–C–C–N with tert-alkyl or cyclic N) is 1. The summed E-state index contributed by atoms with van der Waals surface area (Å²) in [5.41, 5.74) is 6.48. The summed E-state index contributed by atoms with van der Waals surface area (Å²) in [6, 6.07) is 1.50. The summed E-state index contributed by atoms with van der Waals surface area (Å²) in [5, 5.41) is 22.3. The number of fused-ring (bicyclic) bond motifs is 1. The van der Waals surface area contributed by atoms with Crippen LogP contribution in [0, 0.1) is 5.92 Å². The fourth-order valence-corrected chi connectivity index (χ4v) is 3.85. The third-order valence-corrected chi connectivity index (χ3v) is 5.74. The first-order valence-electron chi connectivity index (χ1n) is 10.3. The summed E-state index contributed by atoms with van der Waals surface area (Å²) in [7, 11) is 0. The van der Waals surface area contributed by atoms with E-state index in [-0.39, 0.29) is 34.7 Å². The lowest BCUT2D eigenvalue weighted by Crippen LogP contribution is -2.48. The Hall–Kier alpha value is -1.78. The second-order valence-corrected chi connectivity index (χ2v) is 7.88. The number of aliphatic hydroxyl groups excluding tert-OH is 2. The highest BCUT2D eigenvalue weighted by Crippen LogP contribution is 2.43. The largest absolute Gasteiger partial charge is 0.489 e. The monoisotopic (exact) mass is 443 g/mol. The second kappa shape index (κ2) is 11.0. The number of hydrogen-bond acceptors (Lipinski definition) is 8. The molecule has 2 heterocycles. The maximum atomic E-state index is 12.8. The molecule has 30 heavy (non-hydrogen) atoms. The number of benzene rings is 1. The van der Waals surface area contributed by atoms with E-state index in [4.69, 9.17) is 36.7 Å². The van der Waals surface area contributed by atoms with E-state index in [1.54, 1.807) is 0 Å². The van der Waals surface area contributed by atoms with Crippen LogP contribution in [-0.2, 0) is 4.74 Å². The third kappa shape index (κ3) is 5.67. The van der Waals surface area contributed by atoms with Crippen molar-refractivity contribution in [1.82, 2.24) is 10.2 Å². The van der Waals surface area contributed by atoms with Crippen molar-refractivity contribution < 1.29 is 29.2 Å². The summed E-state index contributed by atoms with van der Waals surface area (Å²) in [5.74, 6) is 0.217. The van der Waals surface area contributed by atoms with Gasteiger partial charge in [0, 0.05) is 32.0 Å². The fourth-order valence-electron chi connectivity index (χ4n) is 3.65. The zero-order chi connectivity index (χ0) is 21.5. The Morgan fingerprint density at radius 3 is 2.83 bits per heavy atom. The molecular formula is C20H30ClN3O6. The number of likely N-dealkylation sites (tertiary alicyclic amines) is 1. The molecule has 0 spiro atoms. The first kappa shape index (κ1) is 22.9. The molecule has 0 radical (unpaired) electrons. The van der Waals surface area contributed by atoms with Crippen molar-refractivity contribution in [2.24, 2.45) is 5.92 Å². The van der Waals surface area contributed by atoms with Crippen molar-refractivity contribution in [3.8, 4) is 11.5 Å². The lowest BCUT2D eigenvalue weighted by Gasteiger charge is -2.35. The normalized spacial score (nSPS) is 21.8. The third-order valence-electron chi connectivity index (χ3n) is 5.35. The van der Waals surface area contributed by atoms with E-state index in [1.807, 2.05) is 0 Å². The van der Waals surface area contributed by atoms with Crippen LogP contribution in [0.15, 0.2) is 6.07 Å². The van der Waals surface area contributed by atoms with Gasteiger partial charge in [0.05, 0.1) is 50.4 Å². The number of carbonyl (C=O) groups excluding carboxylic acids is 1. The molecule has 9 nitrogen and oxygen atoms in total. The van der Waals surface area contributed by atoms with Gasteiger partial charge in [-0.25, -0.2) is 0 Å². The van der Waals surface area contributed by atoms with Crippen molar-refractivity contribution in [2.75, 3.05) is 64.9 Å².